The van der Waals surface area contributed by atoms with Crippen LogP contribution in [0.3, 0.4) is 0 Å². The topological polar surface area (TPSA) is 68.8 Å². The molecule has 0 bridgehead atoms. The van der Waals surface area contributed by atoms with Crippen LogP contribution >= 0.6 is 0 Å². The average molecular weight is 391 g/mol. The van der Waals surface area contributed by atoms with Gasteiger partial charge in [-0.15, -0.1) is 9.90 Å². The van der Waals surface area contributed by atoms with E-state index in [4.69, 9.17) is 0 Å². The second-order valence-corrected chi connectivity index (χ2v) is 7.19. The Balaban J connectivity index is 1.70. The Kier molecular flexibility index (Phi) is 4.92. The summed E-state index contributed by atoms with van der Waals surface area (Å²) in [6.07, 6.45) is 5.24. The molecule has 2 heterocycles. The Hall–Kier alpha value is -2.68. The van der Waals surface area contributed by atoms with E-state index in [1.54, 1.807) is 6.20 Å². The highest BCUT2D eigenvalue weighted by molar-refractivity contribution is 5.66. The van der Waals surface area contributed by atoms with Gasteiger partial charge in [-0.25, -0.2) is 4.39 Å². The molecule has 2 aromatic heterocycles. The van der Waals surface area contributed by atoms with Gasteiger partial charge in [-0.05, 0) is 55.0 Å². The molecule has 1 aromatic carbocycles. The molecule has 6 nitrogen and oxygen atoms in total. The van der Waals surface area contributed by atoms with Crippen LogP contribution in [0.4, 0.5) is 13.2 Å². The third-order valence-electron chi connectivity index (χ3n) is 4.79. The third kappa shape index (κ3) is 3.94. The molecule has 1 N–H and O–H groups in total. The Morgan fingerprint density at radius 2 is 2.04 bits per heavy atom. The van der Waals surface area contributed by atoms with Crippen LogP contribution in [-0.4, -0.2) is 29.9 Å². The highest BCUT2D eigenvalue weighted by Gasteiger charge is 2.24. The number of benzene rings is 1. The maximum absolute atomic E-state index is 13.6. The van der Waals surface area contributed by atoms with Crippen molar-refractivity contribution in [2.24, 2.45) is 5.92 Å². The molecule has 4 rings (SSSR count). The first-order chi connectivity index (χ1) is 13.4. The largest absolute Gasteiger partial charge is 0.389 e. The van der Waals surface area contributed by atoms with Gasteiger partial charge < -0.3 is 5.11 Å². The van der Waals surface area contributed by atoms with Crippen LogP contribution in [0, 0.1) is 11.7 Å². The molecule has 1 fully saturated rings. The van der Waals surface area contributed by atoms with E-state index in [0.29, 0.717) is 22.0 Å². The number of aromatic nitrogens is 5. The van der Waals surface area contributed by atoms with Crippen molar-refractivity contribution in [3.05, 3.63) is 53.2 Å². The normalized spacial score (nSPS) is 15.4. The molecule has 1 atom stereocenters. The molecule has 1 saturated carbocycles. The standard InChI is InChI=1S/C19H20F3N5O/c1-11(28)16-7-14(20)4-5-15(16)18-17(24-27(25-18)19(21)22)6-13-8-23-26(10-13)9-12-2-3-12/h4-5,7-8,10-12,19,28H,2-3,6,9H2,1H3/t11-/m1/s1. The lowest BCUT2D eigenvalue weighted by atomic mass is 9.98. The average Bonchev–Trinajstić information content (AvgIpc) is 3.18. The van der Waals surface area contributed by atoms with Crippen LogP contribution < -0.4 is 0 Å². The fraction of sp³-hybridized carbons (Fsp3) is 0.421. The number of hydrogen-bond acceptors (Lipinski definition) is 4. The van der Waals surface area contributed by atoms with E-state index in [0.717, 1.165) is 12.1 Å². The van der Waals surface area contributed by atoms with Gasteiger partial charge in [-0.3, -0.25) is 4.68 Å². The SMILES string of the molecule is C[C@@H](O)c1cc(F)ccc1-c1nn(C(F)F)nc1Cc1cnn(CC2CC2)c1. The molecule has 0 saturated heterocycles. The van der Waals surface area contributed by atoms with Gasteiger partial charge >= 0.3 is 6.55 Å². The number of alkyl halides is 2. The number of halogens is 3. The summed E-state index contributed by atoms with van der Waals surface area (Å²) in [7, 11) is 0. The second-order valence-electron chi connectivity index (χ2n) is 7.19. The molecule has 0 unspecified atom stereocenters. The Morgan fingerprint density at radius 1 is 1.25 bits per heavy atom. The molecule has 3 aromatic rings. The lowest BCUT2D eigenvalue weighted by molar-refractivity contribution is 0.0412. The van der Waals surface area contributed by atoms with Crippen LogP contribution in [0.25, 0.3) is 11.3 Å². The van der Waals surface area contributed by atoms with Gasteiger partial charge in [0, 0.05) is 24.7 Å². The lowest BCUT2D eigenvalue weighted by Crippen LogP contribution is -2.03. The summed E-state index contributed by atoms with van der Waals surface area (Å²) in [5.74, 6) is 0.139. The molecule has 0 radical (unpaired) electrons. The monoisotopic (exact) mass is 391 g/mol. The van der Waals surface area contributed by atoms with Crippen molar-refractivity contribution in [3.63, 3.8) is 0 Å². The number of aliphatic hydroxyl groups excluding tert-OH is 1. The van der Waals surface area contributed by atoms with Crippen molar-refractivity contribution in [2.75, 3.05) is 0 Å². The van der Waals surface area contributed by atoms with Crippen LogP contribution in [0.2, 0.25) is 0 Å². The van der Waals surface area contributed by atoms with Gasteiger partial charge in [-0.2, -0.15) is 19.0 Å². The molecule has 0 spiro atoms. The van der Waals surface area contributed by atoms with Crippen molar-refractivity contribution in [1.82, 2.24) is 24.8 Å². The van der Waals surface area contributed by atoms with Crippen LogP contribution in [-0.2, 0) is 13.0 Å². The minimum atomic E-state index is -2.90. The lowest BCUT2D eigenvalue weighted by Gasteiger charge is -2.11. The quantitative estimate of drug-likeness (QED) is 0.666. The highest BCUT2D eigenvalue weighted by atomic mass is 19.3. The molecular weight excluding hydrogens is 371 g/mol. The Bertz CT molecular complexity index is 978. The zero-order valence-electron chi connectivity index (χ0n) is 15.3. The first-order valence-corrected chi connectivity index (χ1v) is 9.13. The molecule has 1 aliphatic carbocycles. The molecule has 9 heteroatoms. The van der Waals surface area contributed by atoms with Gasteiger partial charge in [-0.1, -0.05) is 0 Å². The third-order valence-corrected chi connectivity index (χ3v) is 4.79. The summed E-state index contributed by atoms with van der Waals surface area (Å²) in [5.41, 5.74) is 1.99. The number of nitrogens with zero attached hydrogens (tertiary/aromatic N) is 5. The maximum Gasteiger partial charge on any atom is 0.348 e. The summed E-state index contributed by atoms with van der Waals surface area (Å²) in [4.78, 5) is 0.342. The zero-order valence-corrected chi connectivity index (χ0v) is 15.3. The van der Waals surface area contributed by atoms with E-state index in [1.165, 1.54) is 38.0 Å². The maximum atomic E-state index is 13.6. The van der Waals surface area contributed by atoms with E-state index in [2.05, 4.69) is 15.3 Å². The fourth-order valence-corrected chi connectivity index (χ4v) is 3.22. The van der Waals surface area contributed by atoms with Crippen LogP contribution in [0.15, 0.2) is 30.6 Å². The van der Waals surface area contributed by atoms with E-state index >= 15 is 0 Å². The predicted octanol–water partition coefficient (Wildman–Crippen LogP) is 3.73. The van der Waals surface area contributed by atoms with Gasteiger partial charge in [0.1, 0.15) is 11.5 Å². The van der Waals surface area contributed by atoms with Crippen LogP contribution in [0.1, 0.15) is 49.2 Å². The van der Waals surface area contributed by atoms with Crippen molar-refractivity contribution < 1.29 is 18.3 Å². The molecule has 28 heavy (non-hydrogen) atoms. The first-order valence-electron chi connectivity index (χ1n) is 9.13. The summed E-state index contributed by atoms with van der Waals surface area (Å²) < 4.78 is 41.9. The van der Waals surface area contributed by atoms with E-state index < -0.39 is 18.5 Å². The highest BCUT2D eigenvalue weighted by Crippen LogP contribution is 2.32. The minimum Gasteiger partial charge on any atom is -0.389 e. The van der Waals surface area contributed by atoms with Gasteiger partial charge in [0.25, 0.3) is 0 Å². The van der Waals surface area contributed by atoms with Crippen molar-refractivity contribution in [3.8, 4) is 11.3 Å². The van der Waals surface area contributed by atoms with Gasteiger partial charge in [0.05, 0.1) is 18.0 Å². The van der Waals surface area contributed by atoms with E-state index in [-0.39, 0.29) is 17.7 Å². The first kappa shape index (κ1) is 18.7. The second kappa shape index (κ2) is 7.38. The summed E-state index contributed by atoms with van der Waals surface area (Å²) in [5, 5.41) is 22.2. The van der Waals surface area contributed by atoms with E-state index in [9.17, 15) is 18.3 Å². The predicted molar refractivity (Wildman–Crippen MR) is 95.1 cm³/mol. The number of aliphatic hydroxyl groups is 1. The molecule has 1 aliphatic rings. The fourth-order valence-electron chi connectivity index (χ4n) is 3.22. The summed E-state index contributed by atoms with van der Waals surface area (Å²) in [6.45, 7) is -0.571. The van der Waals surface area contributed by atoms with Crippen molar-refractivity contribution >= 4 is 0 Å². The molecule has 0 amide bonds. The van der Waals surface area contributed by atoms with E-state index in [1.807, 2.05) is 10.9 Å². The zero-order chi connectivity index (χ0) is 19.8. The summed E-state index contributed by atoms with van der Waals surface area (Å²) in [6, 6.07) is 3.82. The minimum absolute atomic E-state index is 0.200. The van der Waals surface area contributed by atoms with Gasteiger partial charge in [0.15, 0.2) is 0 Å². The smallest absolute Gasteiger partial charge is 0.348 e. The molecule has 0 aliphatic heterocycles. The number of hydrogen-bond donors (Lipinski definition) is 1. The molecular formula is C19H20F3N5O. The van der Waals surface area contributed by atoms with Crippen molar-refractivity contribution in [1.29, 1.82) is 0 Å². The molecule has 148 valence electrons. The summed E-state index contributed by atoms with van der Waals surface area (Å²) >= 11 is 0. The Morgan fingerprint density at radius 3 is 2.71 bits per heavy atom. The van der Waals surface area contributed by atoms with Crippen LogP contribution in [0.5, 0.6) is 0 Å². The van der Waals surface area contributed by atoms with Gasteiger partial charge in [0.2, 0.25) is 0 Å². The number of rotatable bonds is 7. The van der Waals surface area contributed by atoms with Crippen molar-refractivity contribution in [2.45, 2.75) is 45.4 Å². The Labute approximate surface area is 159 Å².